The van der Waals surface area contributed by atoms with Crippen molar-refractivity contribution in [3.8, 4) is 0 Å². The first kappa shape index (κ1) is 15.1. The van der Waals surface area contributed by atoms with Gasteiger partial charge in [0.05, 0.1) is 0 Å². The van der Waals surface area contributed by atoms with Gasteiger partial charge in [0.2, 0.25) is 0 Å². The van der Waals surface area contributed by atoms with Crippen LogP contribution in [0.25, 0.3) is 19.3 Å². The third-order valence-electron chi connectivity index (χ3n) is 3.68. The van der Waals surface area contributed by atoms with Crippen LogP contribution < -0.4 is 8.12 Å². The predicted molar refractivity (Wildman–Crippen MR) is 101 cm³/mol. The van der Waals surface area contributed by atoms with E-state index >= 15 is 0 Å². The first-order valence-electron chi connectivity index (χ1n) is 7.13. The van der Waals surface area contributed by atoms with Crippen molar-refractivity contribution in [2.45, 2.75) is 39.3 Å². The van der Waals surface area contributed by atoms with Crippen molar-refractivity contribution in [1.82, 2.24) is 0 Å². The summed E-state index contributed by atoms with van der Waals surface area (Å²) in [6, 6.07) is 10.0. The molecule has 0 bridgehead atoms. The summed E-state index contributed by atoms with van der Waals surface area (Å²) in [6.45, 7) is 14.9. The van der Waals surface area contributed by atoms with Gasteiger partial charge in [0, 0.05) is 0 Å². The van der Waals surface area contributed by atoms with Crippen molar-refractivity contribution >= 4 is 72.6 Å². The fourth-order valence-corrected chi connectivity index (χ4v) is 12.6. The van der Waals surface area contributed by atoms with Gasteiger partial charge in [-0.1, -0.05) is 0 Å². The molecule has 0 saturated heterocycles. The Kier molecular flexibility index (Phi) is 3.65. The Balaban J connectivity index is 2.30. The summed E-state index contributed by atoms with van der Waals surface area (Å²) >= 11 is 1.19. The van der Waals surface area contributed by atoms with Gasteiger partial charge in [-0.15, -0.1) is 0 Å². The van der Waals surface area contributed by atoms with Crippen LogP contribution in [0, 0.1) is 0 Å². The van der Waals surface area contributed by atoms with E-state index in [1.54, 1.807) is 27.4 Å². The first-order valence-corrected chi connectivity index (χ1v) is 17.6. The number of hydrogen-bond acceptors (Lipinski definition) is 0. The van der Waals surface area contributed by atoms with Crippen LogP contribution in [-0.2, 0) is 0 Å². The Hall–Kier alpha value is 0.173. The summed E-state index contributed by atoms with van der Waals surface area (Å²) < 4.78 is 6.85. The van der Waals surface area contributed by atoms with Crippen LogP contribution in [0.2, 0.25) is 39.3 Å². The standard InChI is InChI=1S/C16H22Se2Si2/c1-19(2,3)15-9-11-12-10-16(20(4,5)6)18-14(12)8-7-13(11)17-15/h7-10H,1-6H3. The zero-order chi connectivity index (χ0) is 14.7. The molecule has 3 rings (SSSR count). The SMILES string of the molecule is C[Si](C)(C)c1cc2c(ccc3[se]c([Si](C)(C)C)cc32)[se]1. The van der Waals surface area contributed by atoms with E-state index in [1.807, 2.05) is 0 Å². The monoisotopic (exact) mass is 430 g/mol. The van der Waals surface area contributed by atoms with Crippen molar-refractivity contribution in [3.05, 3.63) is 24.3 Å². The van der Waals surface area contributed by atoms with Gasteiger partial charge < -0.3 is 0 Å². The summed E-state index contributed by atoms with van der Waals surface area (Å²) in [5.74, 6) is 0. The van der Waals surface area contributed by atoms with Crippen molar-refractivity contribution in [2.75, 3.05) is 0 Å². The second-order valence-electron chi connectivity index (χ2n) is 7.61. The molecule has 0 N–H and O–H groups in total. The van der Waals surface area contributed by atoms with Gasteiger partial charge in [-0.3, -0.25) is 0 Å². The minimum absolute atomic E-state index is 0.595. The Bertz CT molecular complexity index is 715. The molecular weight excluding hydrogens is 406 g/mol. The van der Waals surface area contributed by atoms with E-state index in [9.17, 15) is 0 Å². The van der Waals surface area contributed by atoms with E-state index in [1.165, 1.54) is 0 Å². The first-order chi connectivity index (χ1) is 9.16. The zero-order valence-corrected chi connectivity index (χ0v) is 18.6. The van der Waals surface area contributed by atoms with E-state index in [-0.39, 0.29) is 0 Å². The molecule has 0 aliphatic rings. The van der Waals surface area contributed by atoms with Gasteiger partial charge in [-0.25, -0.2) is 0 Å². The van der Waals surface area contributed by atoms with Crippen LogP contribution in [0.3, 0.4) is 0 Å². The summed E-state index contributed by atoms with van der Waals surface area (Å²) in [5, 5.41) is 3.19. The van der Waals surface area contributed by atoms with Gasteiger partial charge in [-0.05, 0) is 0 Å². The van der Waals surface area contributed by atoms with Crippen LogP contribution in [-0.4, -0.2) is 45.2 Å². The predicted octanol–water partition coefficient (Wildman–Crippen LogP) is 3.20. The number of hydrogen-bond donors (Lipinski definition) is 0. The van der Waals surface area contributed by atoms with Crippen molar-refractivity contribution < 1.29 is 0 Å². The van der Waals surface area contributed by atoms with E-state index in [0.29, 0.717) is 29.0 Å². The molecule has 0 unspecified atom stereocenters. The third-order valence-corrected chi connectivity index (χ3v) is 19.5. The van der Waals surface area contributed by atoms with Crippen LogP contribution >= 0.6 is 0 Å². The summed E-state index contributed by atoms with van der Waals surface area (Å²) in [7, 11) is -2.25. The normalized spacial score (nSPS) is 13.5. The molecule has 20 heavy (non-hydrogen) atoms. The summed E-state index contributed by atoms with van der Waals surface area (Å²) in [6.07, 6.45) is 0. The number of benzene rings is 1. The Morgan fingerprint density at radius 1 is 0.650 bits per heavy atom. The van der Waals surface area contributed by atoms with Crippen LogP contribution in [0.15, 0.2) is 24.3 Å². The van der Waals surface area contributed by atoms with Gasteiger partial charge in [0.25, 0.3) is 0 Å². The van der Waals surface area contributed by atoms with Crippen molar-refractivity contribution in [2.24, 2.45) is 0 Å². The molecule has 2 aromatic heterocycles. The molecule has 106 valence electrons. The van der Waals surface area contributed by atoms with Crippen LogP contribution in [0.4, 0.5) is 0 Å². The van der Waals surface area contributed by atoms with Crippen LogP contribution in [0.1, 0.15) is 0 Å². The molecule has 0 saturated carbocycles. The number of rotatable bonds is 2. The molecule has 0 atom stereocenters. The fraction of sp³-hybridized carbons (Fsp3) is 0.375. The molecule has 2 heterocycles. The Labute approximate surface area is 135 Å². The van der Waals surface area contributed by atoms with E-state index < -0.39 is 16.1 Å². The second kappa shape index (κ2) is 4.84. The van der Waals surface area contributed by atoms with Gasteiger partial charge in [0.15, 0.2) is 0 Å². The summed E-state index contributed by atoms with van der Waals surface area (Å²) in [5.41, 5.74) is 0. The van der Waals surface area contributed by atoms with Gasteiger partial charge in [-0.2, -0.15) is 0 Å². The molecule has 1 aromatic carbocycles. The van der Waals surface area contributed by atoms with Gasteiger partial charge in [0.1, 0.15) is 0 Å². The molecule has 0 fully saturated rings. The topological polar surface area (TPSA) is 0 Å². The maximum absolute atomic E-state index is 2.57. The zero-order valence-electron chi connectivity index (χ0n) is 13.1. The van der Waals surface area contributed by atoms with Crippen LogP contribution in [0.5, 0.6) is 0 Å². The molecule has 0 aliphatic carbocycles. The number of fused-ring (bicyclic) bond motifs is 3. The Morgan fingerprint density at radius 3 is 1.30 bits per heavy atom. The van der Waals surface area contributed by atoms with Gasteiger partial charge >= 0.3 is 136 Å². The molecular formula is C16H22Se2Si2. The molecule has 3 aromatic rings. The van der Waals surface area contributed by atoms with E-state index in [4.69, 9.17) is 0 Å². The third kappa shape index (κ3) is 2.63. The Morgan fingerprint density at radius 2 is 1.00 bits per heavy atom. The van der Waals surface area contributed by atoms with E-state index in [0.717, 1.165) is 0 Å². The minimum atomic E-state index is -1.13. The molecule has 0 spiro atoms. The van der Waals surface area contributed by atoms with Crippen molar-refractivity contribution in [1.29, 1.82) is 0 Å². The molecule has 4 heteroatoms. The molecule has 0 aliphatic heterocycles. The fourth-order valence-electron chi connectivity index (χ4n) is 2.37. The summed E-state index contributed by atoms with van der Waals surface area (Å²) in [4.78, 5) is 0. The molecule has 0 radical (unpaired) electrons. The molecule has 0 nitrogen and oxygen atoms in total. The average molecular weight is 428 g/mol. The second-order valence-corrected chi connectivity index (χ2v) is 23.9. The maximum atomic E-state index is 2.57. The van der Waals surface area contributed by atoms with E-state index in [2.05, 4.69) is 63.5 Å². The quantitative estimate of drug-likeness (QED) is 0.550. The average Bonchev–Trinajstić information content (AvgIpc) is 2.90. The van der Waals surface area contributed by atoms with Crippen molar-refractivity contribution in [3.63, 3.8) is 0 Å². The molecule has 0 amide bonds.